The largest absolute Gasteiger partial charge is 0.481 e. The third kappa shape index (κ3) is 5.01. The molecule has 0 aliphatic rings. The summed E-state index contributed by atoms with van der Waals surface area (Å²) in [5.41, 5.74) is 0.855. The summed E-state index contributed by atoms with van der Waals surface area (Å²) < 4.78 is 0. The SMILES string of the molecule is C[C@H](Nc1ccccc1)C(=O)NCCC(=O)O. The Morgan fingerprint density at radius 1 is 1.29 bits per heavy atom. The molecule has 0 fully saturated rings. The van der Waals surface area contributed by atoms with Gasteiger partial charge in [0.15, 0.2) is 0 Å². The highest BCUT2D eigenvalue weighted by molar-refractivity contribution is 5.84. The molecule has 1 aromatic rings. The molecule has 3 N–H and O–H groups in total. The van der Waals surface area contributed by atoms with Gasteiger partial charge in [-0.1, -0.05) is 18.2 Å². The minimum atomic E-state index is -0.922. The molecule has 0 aliphatic heterocycles. The molecule has 0 saturated carbocycles. The second-order valence-electron chi connectivity index (χ2n) is 3.67. The third-order valence-electron chi connectivity index (χ3n) is 2.19. The Labute approximate surface area is 99.8 Å². The van der Waals surface area contributed by atoms with Gasteiger partial charge >= 0.3 is 5.97 Å². The summed E-state index contributed by atoms with van der Waals surface area (Å²) in [6.07, 6.45) is -0.0657. The molecular weight excluding hydrogens is 220 g/mol. The van der Waals surface area contributed by atoms with Crippen LogP contribution in [0.5, 0.6) is 0 Å². The zero-order valence-corrected chi connectivity index (χ0v) is 9.64. The van der Waals surface area contributed by atoms with Crippen LogP contribution in [-0.2, 0) is 9.59 Å². The van der Waals surface area contributed by atoms with Crippen LogP contribution in [-0.4, -0.2) is 29.6 Å². The second kappa shape index (κ2) is 6.52. The number of hydrogen-bond donors (Lipinski definition) is 3. The van der Waals surface area contributed by atoms with E-state index in [-0.39, 0.29) is 18.9 Å². The maximum Gasteiger partial charge on any atom is 0.305 e. The van der Waals surface area contributed by atoms with Crippen molar-refractivity contribution >= 4 is 17.6 Å². The quantitative estimate of drug-likeness (QED) is 0.690. The first-order valence-electron chi connectivity index (χ1n) is 5.40. The number of anilines is 1. The highest BCUT2D eigenvalue weighted by atomic mass is 16.4. The first-order valence-corrected chi connectivity index (χ1v) is 5.40. The van der Waals surface area contributed by atoms with Crippen molar-refractivity contribution in [3.8, 4) is 0 Å². The summed E-state index contributed by atoms with van der Waals surface area (Å²) in [7, 11) is 0. The van der Waals surface area contributed by atoms with E-state index in [1.807, 2.05) is 30.3 Å². The van der Waals surface area contributed by atoms with Crippen LogP contribution in [0.1, 0.15) is 13.3 Å². The smallest absolute Gasteiger partial charge is 0.305 e. The zero-order chi connectivity index (χ0) is 12.7. The Bertz CT molecular complexity index is 379. The second-order valence-corrected chi connectivity index (χ2v) is 3.67. The number of rotatable bonds is 6. The summed E-state index contributed by atoms with van der Waals surface area (Å²) in [5.74, 6) is -1.14. The number of benzene rings is 1. The molecule has 0 radical (unpaired) electrons. The summed E-state index contributed by atoms with van der Waals surface area (Å²) in [4.78, 5) is 21.8. The van der Waals surface area contributed by atoms with Gasteiger partial charge in [-0.05, 0) is 19.1 Å². The highest BCUT2D eigenvalue weighted by Crippen LogP contribution is 2.06. The van der Waals surface area contributed by atoms with E-state index in [1.165, 1.54) is 0 Å². The van der Waals surface area contributed by atoms with Crippen LogP contribution in [0.2, 0.25) is 0 Å². The van der Waals surface area contributed by atoms with E-state index in [1.54, 1.807) is 6.92 Å². The molecular formula is C12H16N2O3. The van der Waals surface area contributed by atoms with Crippen LogP contribution in [0.4, 0.5) is 5.69 Å². The average molecular weight is 236 g/mol. The lowest BCUT2D eigenvalue weighted by Gasteiger charge is -2.14. The molecule has 1 amide bonds. The summed E-state index contributed by atoms with van der Waals surface area (Å²) in [6, 6.07) is 8.96. The molecule has 5 heteroatoms. The topological polar surface area (TPSA) is 78.4 Å². The minimum Gasteiger partial charge on any atom is -0.481 e. The molecule has 0 bridgehead atoms. The van der Waals surface area contributed by atoms with Crippen LogP contribution in [0.3, 0.4) is 0 Å². The molecule has 0 heterocycles. The van der Waals surface area contributed by atoms with Crippen molar-refractivity contribution in [2.24, 2.45) is 0 Å². The summed E-state index contributed by atoms with van der Waals surface area (Å²) >= 11 is 0. The molecule has 0 spiro atoms. The Kier molecular flexibility index (Phi) is 5.00. The van der Waals surface area contributed by atoms with E-state index in [2.05, 4.69) is 10.6 Å². The van der Waals surface area contributed by atoms with Gasteiger partial charge < -0.3 is 15.7 Å². The number of carboxylic acid groups (broad SMARTS) is 1. The lowest BCUT2D eigenvalue weighted by molar-refractivity contribution is -0.136. The van der Waals surface area contributed by atoms with Gasteiger partial charge in [-0.15, -0.1) is 0 Å². The average Bonchev–Trinajstić information content (AvgIpc) is 2.29. The fourth-order valence-electron chi connectivity index (χ4n) is 1.30. The van der Waals surface area contributed by atoms with Crippen LogP contribution in [0.15, 0.2) is 30.3 Å². The van der Waals surface area contributed by atoms with Crippen molar-refractivity contribution in [3.05, 3.63) is 30.3 Å². The number of carboxylic acids is 1. The summed E-state index contributed by atoms with van der Waals surface area (Å²) in [5, 5.41) is 14.0. The van der Waals surface area contributed by atoms with E-state index >= 15 is 0 Å². The lowest BCUT2D eigenvalue weighted by atomic mass is 10.2. The van der Waals surface area contributed by atoms with E-state index in [0.29, 0.717) is 0 Å². The first-order chi connectivity index (χ1) is 8.09. The third-order valence-corrected chi connectivity index (χ3v) is 2.19. The maximum absolute atomic E-state index is 11.6. The van der Waals surface area contributed by atoms with Gasteiger partial charge in [-0.2, -0.15) is 0 Å². The van der Waals surface area contributed by atoms with Crippen LogP contribution in [0.25, 0.3) is 0 Å². The Morgan fingerprint density at radius 3 is 2.53 bits per heavy atom. The van der Waals surface area contributed by atoms with Gasteiger partial charge in [0, 0.05) is 12.2 Å². The predicted octanol–water partition coefficient (Wildman–Crippen LogP) is 1.08. The predicted molar refractivity (Wildman–Crippen MR) is 64.8 cm³/mol. The molecule has 1 aromatic carbocycles. The van der Waals surface area contributed by atoms with Crippen molar-refractivity contribution in [1.82, 2.24) is 5.32 Å². The summed E-state index contributed by atoms with van der Waals surface area (Å²) in [6.45, 7) is 1.87. The van der Waals surface area contributed by atoms with Crippen LogP contribution in [0, 0.1) is 0 Å². The van der Waals surface area contributed by atoms with Gasteiger partial charge in [0.2, 0.25) is 5.91 Å². The Balaban J connectivity index is 2.34. The minimum absolute atomic E-state index is 0.0657. The van der Waals surface area contributed by atoms with Crippen LogP contribution >= 0.6 is 0 Å². The molecule has 0 unspecified atom stereocenters. The van der Waals surface area contributed by atoms with Gasteiger partial charge in [0.05, 0.1) is 6.42 Å². The Morgan fingerprint density at radius 2 is 1.94 bits per heavy atom. The zero-order valence-electron chi connectivity index (χ0n) is 9.64. The first kappa shape index (κ1) is 13.0. The van der Waals surface area contributed by atoms with Crippen molar-refractivity contribution in [2.75, 3.05) is 11.9 Å². The standard InChI is InChI=1S/C12H16N2O3/c1-9(12(17)13-8-7-11(15)16)14-10-5-3-2-4-6-10/h2-6,9,14H,7-8H2,1H3,(H,13,17)(H,15,16)/t9-/m0/s1. The van der Waals surface area contributed by atoms with E-state index in [9.17, 15) is 9.59 Å². The van der Waals surface area contributed by atoms with E-state index < -0.39 is 12.0 Å². The van der Waals surface area contributed by atoms with Gasteiger partial charge in [-0.25, -0.2) is 0 Å². The molecule has 1 rings (SSSR count). The number of amides is 1. The molecule has 17 heavy (non-hydrogen) atoms. The number of para-hydroxylation sites is 1. The molecule has 0 saturated heterocycles. The van der Waals surface area contributed by atoms with E-state index in [0.717, 1.165) is 5.69 Å². The number of hydrogen-bond acceptors (Lipinski definition) is 3. The number of nitrogens with one attached hydrogen (secondary N) is 2. The van der Waals surface area contributed by atoms with Gasteiger partial charge in [0.25, 0.3) is 0 Å². The normalized spacial score (nSPS) is 11.6. The van der Waals surface area contributed by atoms with Crippen molar-refractivity contribution in [1.29, 1.82) is 0 Å². The van der Waals surface area contributed by atoms with Gasteiger partial charge in [-0.3, -0.25) is 9.59 Å². The fourth-order valence-corrected chi connectivity index (χ4v) is 1.30. The monoisotopic (exact) mass is 236 g/mol. The number of carbonyl (C=O) groups is 2. The molecule has 0 aromatic heterocycles. The van der Waals surface area contributed by atoms with Gasteiger partial charge in [0.1, 0.15) is 6.04 Å². The number of carbonyl (C=O) groups excluding carboxylic acids is 1. The molecule has 0 aliphatic carbocycles. The van der Waals surface area contributed by atoms with Crippen molar-refractivity contribution in [2.45, 2.75) is 19.4 Å². The fraction of sp³-hybridized carbons (Fsp3) is 0.333. The number of aliphatic carboxylic acids is 1. The maximum atomic E-state index is 11.6. The van der Waals surface area contributed by atoms with Crippen molar-refractivity contribution < 1.29 is 14.7 Å². The highest BCUT2D eigenvalue weighted by Gasteiger charge is 2.11. The van der Waals surface area contributed by atoms with Crippen molar-refractivity contribution in [3.63, 3.8) is 0 Å². The van der Waals surface area contributed by atoms with Crippen LogP contribution < -0.4 is 10.6 Å². The molecule has 5 nitrogen and oxygen atoms in total. The lowest BCUT2D eigenvalue weighted by Crippen LogP contribution is -2.38. The van der Waals surface area contributed by atoms with E-state index in [4.69, 9.17) is 5.11 Å². The molecule has 1 atom stereocenters. The Hall–Kier alpha value is -2.04. The molecule has 92 valence electrons.